The third-order valence-corrected chi connectivity index (χ3v) is 6.52. The van der Waals surface area contributed by atoms with Gasteiger partial charge in [0.2, 0.25) is 10.0 Å². The van der Waals surface area contributed by atoms with Gasteiger partial charge in [0.15, 0.2) is 0 Å². The van der Waals surface area contributed by atoms with Gasteiger partial charge in [0.25, 0.3) is 0 Å². The molecule has 0 spiro atoms. The topological polar surface area (TPSA) is 83.5 Å². The number of carboxylic acids is 1. The van der Waals surface area contributed by atoms with E-state index in [2.05, 4.69) is 34.5 Å². The molecule has 0 saturated carbocycles. The van der Waals surface area contributed by atoms with Gasteiger partial charge < -0.3 is 5.11 Å². The van der Waals surface area contributed by atoms with Crippen LogP contribution in [0, 0.1) is 5.92 Å². The summed E-state index contributed by atoms with van der Waals surface area (Å²) >= 11 is 4.00. The summed E-state index contributed by atoms with van der Waals surface area (Å²) in [5.74, 6) is -0.626. The van der Waals surface area contributed by atoms with Crippen LogP contribution in [0.1, 0.15) is 43.3 Å². The van der Waals surface area contributed by atoms with Crippen LogP contribution >= 0.6 is 27.3 Å². The second-order valence-electron chi connectivity index (χ2n) is 5.05. The van der Waals surface area contributed by atoms with Gasteiger partial charge in [-0.2, -0.15) is 0 Å². The molecule has 0 saturated heterocycles. The number of halogens is 1. The Morgan fingerprint density at radius 2 is 2.00 bits per heavy atom. The molecule has 0 aliphatic heterocycles. The lowest BCUT2D eigenvalue weighted by atomic mass is 10.1. The predicted octanol–water partition coefficient (Wildman–Crippen LogP) is 3.31. The summed E-state index contributed by atoms with van der Waals surface area (Å²) in [6, 6.07) is 0.983. The van der Waals surface area contributed by atoms with E-state index in [1.165, 1.54) is 6.07 Å². The van der Waals surface area contributed by atoms with E-state index < -0.39 is 16.0 Å². The van der Waals surface area contributed by atoms with E-state index in [9.17, 15) is 13.2 Å². The zero-order chi connectivity index (χ0) is 15.5. The summed E-state index contributed by atoms with van der Waals surface area (Å²) in [6.07, 6.45) is 1.67. The maximum atomic E-state index is 12.2. The lowest BCUT2D eigenvalue weighted by molar-refractivity contribution is 0.0702. The molecule has 1 unspecified atom stereocenters. The van der Waals surface area contributed by atoms with Crippen molar-refractivity contribution in [3.63, 3.8) is 0 Å². The maximum Gasteiger partial charge on any atom is 0.345 e. The van der Waals surface area contributed by atoms with Crippen molar-refractivity contribution >= 4 is 43.3 Å². The minimum atomic E-state index is -3.70. The van der Waals surface area contributed by atoms with Gasteiger partial charge in [-0.25, -0.2) is 17.9 Å². The molecule has 5 nitrogen and oxygen atoms in total. The molecular formula is C12H18BrNO4S2. The summed E-state index contributed by atoms with van der Waals surface area (Å²) in [5.41, 5.74) is 0. The monoisotopic (exact) mass is 383 g/mol. The van der Waals surface area contributed by atoms with Gasteiger partial charge in [-0.1, -0.05) is 13.8 Å². The molecule has 0 aliphatic rings. The van der Waals surface area contributed by atoms with Crippen molar-refractivity contribution in [1.82, 2.24) is 4.72 Å². The average Bonchev–Trinajstić information content (AvgIpc) is 2.69. The number of hydrogen-bond acceptors (Lipinski definition) is 4. The fourth-order valence-electron chi connectivity index (χ4n) is 1.61. The summed E-state index contributed by atoms with van der Waals surface area (Å²) in [6.45, 7) is 5.96. The predicted molar refractivity (Wildman–Crippen MR) is 82.8 cm³/mol. The first-order chi connectivity index (χ1) is 9.13. The van der Waals surface area contributed by atoms with Crippen molar-refractivity contribution in [3.8, 4) is 0 Å². The quantitative estimate of drug-likeness (QED) is 0.756. The smallest absolute Gasteiger partial charge is 0.345 e. The summed E-state index contributed by atoms with van der Waals surface area (Å²) in [4.78, 5) is 10.8. The van der Waals surface area contributed by atoms with Gasteiger partial charge in [-0.15, -0.1) is 11.3 Å². The van der Waals surface area contributed by atoms with Crippen LogP contribution in [0.5, 0.6) is 0 Å². The molecule has 1 atom stereocenters. The molecule has 0 radical (unpaired) electrons. The van der Waals surface area contributed by atoms with Crippen LogP contribution in [0.3, 0.4) is 0 Å². The van der Waals surface area contributed by atoms with Crippen molar-refractivity contribution in [1.29, 1.82) is 0 Å². The van der Waals surface area contributed by atoms with Crippen LogP contribution in [0.2, 0.25) is 0 Å². The van der Waals surface area contributed by atoms with E-state index in [4.69, 9.17) is 5.11 Å². The van der Waals surface area contributed by atoms with E-state index >= 15 is 0 Å². The molecule has 2 N–H and O–H groups in total. The third-order valence-electron chi connectivity index (χ3n) is 2.69. The number of carboxylic acid groups (broad SMARTS) is 1. The highest BCUT2D eigenvalue weighted by molar-refractivity contribution is 9.11. The Morgan fingerprint density at radius 1 is 1.40 bits per heavy atom. The molecule has 1 heterocycles. The van der Waals surface area contributed by atoms with Gasteiger partial charge in [0.1, 0.15) is 9.77 Å². The zero-order valence-corrected chi connectivity index (χ0v) is 14.7. The van der Waals surface area contributed by atoms with Gasteiger partial charge >= 0.3 is 5.97 Å². The number of carbonyl (C=O) groups is 1. The summed E-state index contributed by atoms with van der Waals surface area (Å²) in [7, 11) is -3.70. The summed E-state index contributed by atoms with van der Waals surface area (Å²) < 4.78 is 27.3. The number of nitrogens with one attached hydrogen (secondary N) is 1. The van der Waals surface area contributed by atoms with Gasteiger partial charge in [-0.3, -0.25) is 0 Å². The molecule has 0 bridgehead atoms. The number of sulfonamides is 1. The Hall–Kier alpha value is -0.440. The maximum absolute atomic E-state index is 12.2. The van der Waals surface area contributed by atoms with Crippen LogP contribution < -0.4 is 4.72 Å². The average molecular weight is 384 g/mol. The molecule has 0 aliphatic carbocycles. The van der Waals surface area contributed by atoms with E-state index in [1.54, 1.807) is 6.92 Å². The van der Waals surface area contributed by atoms with Crippen LogP contribution in [0.4, 0.5) is 0 Å². The van der Waals surface area contributed by atoms with Gasteiger partial charge in [-0.05, 0) is 47.7 Å². The molecule has 1 rings (SSSR count). The number of thiophene rings is 1. The summed E-state index contributed by atoms with van der Waals surface area (Å²) in [5, 5.41) is 8.89. The number of rotatable bonds is 7. The second kappa shape index (κ2) is 7.02. The van der Waals surface area contributed by atoms with Crippen LogP contribution in [-0.4, -0.2) is 25.5 Å². The molecule has 114 valence electrons. The Kier molecular flexibility index (Phi) is 6.18. The molecule has 1 aromatic rings. The van der Waals surface area contributed by atoms with Crippen molar-refractivity contribution < 1.29 is 18.3 Å². The standard InChI is InChI=1S/C12H18BrNO4S2/c1-7(2)4-5-8(3)14-20(17,18)10-6-9(12(15)16)19-11(10)13/h6-8,14H,4-5H2,1-3H3,(H,15,16). The molecule has 8 heteroatoms. The van der Waals surface area contributed by atoms with Crippen molar-refractivity contribution in [2.75, 3.05) is 0 Å². The minimum absolute atomic E-state index is 0.00733. The van der Waals surface area contributed by atoms with Crippen molar-refractivity contribution in [2.24, 2.45) is 5.92 Å². The normalized spacial score (nSPS) is 13.7. The number of hydrogen-bond donors (Lipinski definition) is 2. The Labute approximate surface area is 131 Å². The minimum Gasteiger partial charge on any atom is -0.477 e. The highest BCUT2D eigenvalue weighted by Gasteiger charge is 2.24. The molecule has 0 fully saturated rings. The fraction of sp³-hybridized carbons (Fsp3) is 0.583. The molecule has 20 heavy (non-hydrogen) atoms. The van der Waals surface area contributed by atoms with Crippen molar-refractivity contribution in [2.45, 2.75) is 44.6 Å². The number of aromatic carboxylic acids is 1. The van der Waals surface area contributed by atoms with E-state index in [1.807, 2.05) is 0 Å². The first-order valence-corrected chi connectivity index (χ1v) is 9.27. The molecule has 0 amide bonds. The van der Waals surface area contributed by atoms with E-state index in [0.717, 1.165) is 24.2 Å². The van der Waals surface area contributed by atoms with Crippen molar-refractivity contribution in [3.05, 3.63) is 14.7 Å². The second-order valence-corrected chi connectivity index (χ2v) is 9.10. The first kappa shape index (κ1) is 17.6. The zero-order valence-electron chi connectivity index (χ0n) is 11.5. The lowest BCUT2D eigenvalue weighted by Gasteiger charge is -2.14. The Bertz CT molecular complexity index is 580. The van der Waals surface area contributed by atoms with Gasteiger partial charge in [0.05, 0.1) is 3.79 Å². The molecule has 0 aromatic carbocycles. The molecule has 1 aromatic heterocycles. The van der Waals surface area contributed by atoms with E-state index in [-0.39, 0.29) is 15.8 Å². The first-order valence-electron chi connectivity index (χ1n) is 6.18. The Morgan fingerprint density at radius 3 is 2.45 bits per heavy atom. The highest BCUT2D eigenvalue weighted by atomic mass is 79.9. The molecular weight excluding hydrogens is 366 g/mol. The third kappa shape index (κ3) is 4.83. The van der Waals surface area contributed by atoms with Crippen LogP contribution in [0.15, 0.2) is 14.7 Å². The van der Waals surface area contributed by atoms with Crippen LogP contribution in [0.25, 0.3) is 0 Å². The highest BCUT2D eigenvalue weighted by Crippen LogP contribution is 2.31. The SMILES string of the molecule is CC(C)CCC(C)NS(=O)(=O)c1cc(C(=O)O)sc1Br. The Balaban J connectivity index is 2.86. The lowest BCUT2D eigenvalue weighted by Crippen LogP contribution is -2.32. The fourth-order valence-corrected chi connectivity index (χ4v) is 5.29. The van der Waals surface area contributed by atoms with E-state index in [0.29, 0.717) is 9.70 Å². The van der Waals surface area contributed by atoms with Crippen LogP contribution in [-0.2, 0) is 10.0 Å². The van der Waals surface area contributed by atoms with Gasteiger partial charge in [0, 0.05) is 6.04 Å². The largest absolute Gasteiger partial charge is 0.477 e.